The zero-order chi connectivity index (χ0) is 27.9. The number of unbranched alkanes of at least 4 members (excludes halogenated alkanes) is 5. The second kappa shape index (κ2) is 16.3. The van der Waals surface area contributed by atoms with Crippen LogP contribution in [0.5, 0.6) is 0 Å². The molecule has 38 heavy (non-hydrogen) atoms. The fraction of sp³-hybridized carbons (Fsp3) is 0.500. The van der Waals surface area contributed by atoms with Gasteiger partial charge in [-0.15, -0.1) is 0 Å². The van der Waals surface area contributed by atoms with E-state index in [0.717, 1.165) is 44.9 Å². The maximum Gasteiger partial charge on any atom is 0.303 e. The normalized spacial score (nSPS) is 12.3. The van der Waals surface area contributed by atoms with Gasteiger partial charge in [-0.25, -0.2) is 0 Å². The molecule has 0 amide bonds. The highest BCUT2D eigenvalue weighted by molar-refractivity contribution is 6.99. The Hall–Kier alpha value is -2.72. The third-order valence-corrected chi connectivity index (χ3v) is 11.7. The topological polar surface area (TPSA) is 72.8 Å². The lowest BCUT2D eigenvalue weighted by atomic mass is 10.1. The Balaban J connectivity index is 2.23. The lowest BCUT2D eigenvalue weighted by Gasteiger charge is -2.44. The summed E-state index contributed by atoms with van der Waals surface area (Å²) in [5.41, 5.74) is 0. The van der Waals surface area contributed by atoms with Crippen LogP contribution in [0.15, 0.2) is 60.7 Å². The summed E-state index contributed by atoms with van der Waals surface area (Å²) in [6, 6.07) is 21.1. The van der Waals surface area contributed by atoms with Crippen molar-refractivity contribution in [2.24, 2.45) is 0 Å². The summed E-state index contributed by atoms with van der Waals surface area (Å²) in [7, 11) is -2.76. The van der Waals surface area contributed by atoms with Gasteiger partial charge in [0.2, 0.25) is 0 Å². The molecule has 2 aromatic carbocycles. The Morgan fingerprint density at radius 2 is 1.39 bits per heavy atom. The molecule has 0 bridgehead atoms. The Bertz CT molecular complexity index is 995. The number of benzene rings is 2. The van der Waals surface area contributed by atoms with Crippen molar-refractivity contribution in [1.82, 2.24) is 0 Å². The first-order chi connectivity index (χ1) is 18.2. The SMILES string of the molecule is CC(=O)OCC#CC(CCCCCCCCC(=O)CO)O[Si](c1ccccc1)(c1ccccc1)C(C)(C)C. The smallest absolute Gasteiger partial charge is 0.303 e. The molecule has 0 radical (unpaired) electrons. The number of carbonyl (C=O) groups excluding carboxylic acids is 2. The fourth-order valence-electron chi connectivity index (χ4n) is 4.80. The zero-order valence-corrected chi connectivity index (χ0v) is 24.5. The van der Waals surface area contributed by atoms with Gasteiger partial charge in [0.1, 0.15) is 12.7 Å². The van der Waals surface area contributed by atoms with Crippen molar-refractivity contribution < 1.29 is 23.9 Å². The minimum atomic E-state index is -2.76. The molecule has 0 heterocycles. The molecule has 0 saturated heterocycles. The van der Waals surface area contributed by atoms with Crippen molar-refractivity contribution in [2.75, 3.05) is 13.2 Å². The van der Waals surface area contributed by atoms with Gasteiger partial charge in [-0.05, 0) is 34.7 Å². The van der Waals surface area contributed by atoms with Crippen molar-refractivity contribution in [3.8, 4) is 11.8 Å². The molecule has 206 valence electrons. The molecule has 5 nitrogen and oxygen atoms in total. The third kappa shape index (κ3) is 9.87. The molecule has 0 spiro atoms. The first-order valence-corrected chi connectivity index (χ1v) is 15.6. The summed E-state index contributed by atoms with van der Waals surface area (Å²) in [4.78, 5) is 22.5. The summed E-state index contributed by atoms with van der Waals surface area (Å²) in [6.45, 7) is 7.85. The Morgan fingerprint density at radius 3 is 1.89 bits per heavy atom. The molecule has 1 N–H and O–H groups in total. The van der Waals surface area contributed by atoms with Gasteiger partial charge in [0.05, 0.1) is 0 Å². The number of rotatable bonds is 15. The number of carbonyl (C=O) groups is 2. The molecule has 2 rings (SSSR count). The van der Waals surface area contributed by atoms with Gasteiger partial charge < -0.3 is 14.3 Å². The van der Waals surface area contributed by atoms with Gasteiger partial charge in [0, 0.05) is 13.3 Å². The van der Waals surface area contributed by atoms with Crippen LogP contribution in [0, 0.1) is 11.8 Å². The molecule has 2 aromatic rings. The molecule has 6 heteroatoms. The van der Waals surface area contributed by atoms with E-state index in [1.165, 1.54) is 17.3 Å². The first-order valence-electron chi connectivity index (χ1n) is 13.7. The van der Waals surface area contributed by atoms with Crippen molar-refractivity contribution >= 4 is 30.4 Å². The monoisotopic (exact) mass is 536 g/mol. The molecule has 1 atom stereocenters. The highest BCUT2D eigenvalue weighted by Crippen LogP contribution is 2.38. The van der Waals surface area contributed by atoms with E-state index in [-0.39, 0.29) is 36.1 Å². The highest BCUT2D eigenvalue weighted by Gasteiger charge is 2.51. The van der Waals surface area contributed by atoms with E-state index in [2.05, 4.69) is 81.1 Å². The van der Waals surface area contributed by atoms with Crippen LogP contribution >= 0.6 is 0 Å². The average Bonchev–Trinajstić information content (AvgIpc) is 2.90. The highest BCUT2D eigenvalue weighted by atomic mass is 28.4. The number of esters is 1. The predicted molar refractivity (Wildman–Crippen MR) is 156 cm³/mol. The lowest BCUT2D eigenvalue weighted by Crippen LogP contribution is -2.67. The number of ether oxygens (including phenoxy) is 1. The van der Waals surface area contributed by atoms with Crippen LogP contribution in [0.1, 0.15) is 79.1 Å². The van der Waals surface area contributed by atoms with E-state index in [0.29, 0.717) is 6.42 Å². The van der Waals surface area contributed by atoms with Crippen LogP contribution in [0.3, 0.4) is 0 Å². The molecular formula is C32H44O5Si. The van der Waals surface area contributed by atoms with Gasteiger partial charge in [0.25, 0.3) is 8.32 Å². The minimum absolute atomic E-state index is 0.0580. The third-order valence-electron chi connectivity index (χ3n) is 6.69. The van der Waals surface area contributed by atoms with E-state index in [9.17, 15) is 9.59 Å². The first kappa shape index (κ1) is 31.5. The number of Topliss-reactive ketones (excluding diaryl/α,β-unsaturated/α-hetero) is 1. The average molecular weight is 537 g/mol. The lowest BCUT2D eigenvalue weighted by molar-refractivity contribution is -0.139. The molecule has 1 unspecified atom stereocenters. The summed E-state index contributed by atoms with van der Waals surface area (Å²) in [6.07, 6.45) is 6.97. The van der Waals surface area contributed by atoms with E-state index < -0.39 is 8.32 Å². The Kier molecular flexibility index (Phi) is 13.5. The standard InChI is InChI=1S/C32H44O5Si/c1-27(34)36-25-17-20-29(19-12-8-6-5-7-11-18-28(35)26-33)37-38(32(2,3)4,30-21-13-9-14-22-30)31-23-15-10-16-24-31/h9-10,13-16,21-24,29,33H,5-8,11-12,18-19,25-26H2,1-4H3. The summed E-state index contributed by atoms with van der Waals surface area (Å²) < 4.78 is 12.3. The second-order valence-electron chi connectivity index (χ2n) is 10.7. The summed E-state index contributed by atoms with van der Waals surface area (Å²) >= 11 is 0. The van der Waals surface area contributed by atoms with Crippen LogP contribution in [-0.4, -0.2) is 44.5 Å². The summed E-state index contributed by atoms with van der Waals surface area (Å²) in [5.74, 6) is 5.90. The summed E-state index contributed by atoms with van der Waals surface area (Å²) in [5, 5.41) is 11.1. The largest absolute Gasteiger partial charge is 0.453 e. The van der Waals surface area contributed by atoms with E-state index in [1.54, 1.807) is 0 Å². The molecular weight excluding hydrogens is 492 g/mol. The fourth-order valence-corrected chi connectivity index (χ4v) is 9.41. The number of hydrogen-bond acceptors (Lipinski definition) is 5. The number of hydrogen-bond donors (Lipinski definition) is 1. The van der Waals surface area contributed by atoms with Gasteiger partial charge in [-0.3, -0.25) is 9.59 Å². The van der Waals surface area contributed by atoms with Crippen LogP contribution < -0.4 is 10.4 Å². The molecule has 0 saturated carbocycles. The maximum atomic E-state index is 11.3. The minimum Gasteiger partial charge on any atom is -0.453 e. The van der Waals surface area contributed by atoms with Crippen molar-refractivity contribution in [1.29, 1.82) is 0 Å². The van der Waals surface area contributed by atoms with E-state index >= 15 is 0 Å². The van der Waals surface area contributed by atoms with Crippen molar-refractivity contribution in [3.05, 3.63) is 60.7 Å². The molecule has 0 aliphatic heterocycles. The van der Waals surface area contributed by atoms with Crippen molar-refractivity contribution in [2.45, 2.75) is 90.2 Å². The molecule has 0 aliphatic rings. The zero-order valence-electron chi connectivity index (χ0n) is 23.5. The number of ketones is 1. The Morgan fingerprint density at radius 1 is 0.868 bits per heavy atom. The van der Waals surface area contributed by atoms with Gasteiger partial charge >= 0.3 is 5.97 Å². The van der Waals surface area contributed by atoms with Gasteiger partial charge in [-0.1, -0.05) is 119 Å². The van der Waals surface area contributed by atoms with Gasteiger partial charge in [0.15, 0.2) is 12.4 Å². The van der Waals surface area contributed by atoms with Crippen LogP contribution in [0.25, 0.3) is 0 Å². The Labute approximate surface area is 230 Å². The molecule has 0 aliphatic carbocycles. The van der Waals surface area contributed by atoms with Crippen LogP contribution in [0.4, 0.5) is 0 Å². The number of aliphatic hydroxyl groups excluding tert-OH is 1. The van der Waals surface area contributed by atoms with E-state index in [1.807, 2.05) is 12.1 Å². The number of aliphatic hydroxyl groups is 1. The molecule has 0 fully saturated rings. The predicted octanol–water partition coefficient (Wildman–Crippen LogP) is 5.18. The maximum absolute atomic E-state index is 11.3. The molecule has 0 aromatic heterocycles. The van der Waals surface area contributed by atoms with Gasteiger partial charge in [-0.2, -0.15) is 0 Å². The quantitative estimate of drug-likeness (QED) is 0.147. The van der Waals surface area contributed by atoms with Crippen LogP contribution in [0.2, 0.25) is 5.04 Å². The second-order valence-corrected chi connectivity index (χ2v) is 15.0. The van der Waals surface area contributed by atoms with Crippen LogP contribution in [-0.2, 0) is 18.8 Å². The van der Waals surface area contributed by atoms with E-state index in [4.69, 9.17) is 14.3 Å². The van der Waals surface area contributed by atoms with Crippen molar-refractivity contribution in [3.63, 3.8) is 0 Å².